The van der Waals surface area contributed by atoms with Crippen molar-refractivity contribution in [3.63, 3.8) is 0 Å². The average Bonchev–Trinajstić information content (AvgIpc) is 3.03. The van der Waals surface area contributed by atoms with E-state index in [1.165, 1.54) is 0 Å². The number of Topliss-reactive ketones (excluding diaryl/α,β-unsaturated/α-hetero) is 1. The van der Waals surface area contributed by atoms with Crippen LogP contribution in [0.15, 0.2) is 23.8 Å². The number of aliphatic hydroxyl groups excluding tert-OH is 1. The van der Waals surface area contributed by atoms with Gasteiger partial charge in [0.25, 0.3) is 0 Å². The lowest BCUT2D eigenvalue weighted by molar-refractivity contribution is -0.116. The Kier molecular flexibility index (Phi) is 3.02. The molecule has 1 atom stereocenters. The summed E-state index contributed by atoms with van der Waals surface area (Å²) in [6, 6.07) is 0. The molecular formula is C14H20O2. The molecule has 16 heavy (non-hydrogen) atoms. The lowest BCUT2D eigenvalue weighted by Gasteiger charge is -2.32. The van der Waals surface area contributed by atoms with Crippen LogP contribution in [0.25, 0.3) is 0 Å². The van der Waals surface area contributed by atoms with Crippen LogP contribution in [0.1, 0.15) is 33.1 Å². The van der Waals surface area contributed by atoms with Crippen molar-refractivity contribution >= 4 is 5.78 Å². The van der Waals surface area contributed by atoms with Crippen LogP contribution in [0.4, 0.5) is 0 Å². The average molecular weight is 220 g/mol. The minimum absolute atomic E-state index is 0.0165. The highest BCUT2D eigenvalue weighted by Crippen LogP contribution is 2.40. The van der Waals surface area contributed by atoms with Crippen molar-refractivity contribution in [2.45, 2.75) is 33.1 Å². The molecule has 0 spiro atoms. The topological polar surface area (TPSA) is 37.3 Å². The molecule has 0 saturated heterocycles. The van der Waals surface area contributed by atoms with E-state index in [0.29, 0.717) is 17.6 Å². The number of aliphatic hydroxyl groups is 1. The van der Waals surface area contributed by atoms with Crippen molar-refractivity contribution in [2.75, 3.05) is 6.61 Å². The second-order valence-corrected chi connectivity index (χ2v) is 5.54. The maximum Gasteiger partial charge on any atom is 0.165 e. The van der Waals surface area contributed by atoms with E-state index >= 15 is 0 Å². The van der Waals surface area contributed by atoms with Gasteiger partial charge in [-0.25, -0.2) is 0 Å². The zero-order valence-corrected chi connectivity index (χ0v) is 10.1. The van der Waals surface area contributed by atoms with Crippen LogP contribution in [-0.2, 0) is 4.79 Å². The first kappa shape index (κ1) is 11.6. The van der Waals surface area contributed by atoms with Crippen LogP contribution in [0.5, 0.6) is 0 Å². The third kappa shape index (κ3) is 2.27. The maximum absolute atomic E-state index is 11.9. The largest absolute Gasteiger partial charge is 0.396 e. The van der Waals surface area contributed by atoms with Gasteiger partial charge in [-0.2, -0.15) is 0 Å². The highest BCUT2D eigenvalue weighted by Gasteiger charge is 2.35. The summed E-state index contributed by atoms with van der Waals surface area (Å²) in [5.41, 5.74) is 0.860. The molecule has 2 aliphatic carbocycles. The van der Waals surface area contributed by atoms with Crippen LogP contribution in [0.3, 0.4) is 0 Å². The van der Waals surface area contributed by atoms with Crippen molar-refractivity contribution in [1.82, 2.24) is 0 Å². The summed E-state index contributed by atoms with van der Waals surface area (Å²) < 4.78 is 0. The van der Waals surface area contributed by atoms with E-state index in [4.69, 9.17) is 5.11 Å². The number of carbonyl (C=O) groups excluding carboxylic acids is 1. The van der Waals surface area contributed by atoms with Crippen molar-refractivity contribution in [3.8, 4) is 0 Å². The van der Waals surface area contributed by atoms with Crippen LogP contribution in [-0.4, -0.2) is 17.5 Å². The molecule has 88 valence electrons. The Balaban J connectivity index is 2.13. The van der Waals surface area contributed by atoms with Gasteiger partial charge in [-0.15, -0.1) is 0 Å². The molecule has 2 rings (SSSR count). The quantitative estimate of drug-likeness (QED) is 0.790. The van der Waals surface area contributed by atoms with Gasteiger partial charge in [-0.3, -0.25) is 4.79 Å². The summed E-state index contributed by atoms with van der Waals surface area (Å²) in [6.45, 7) is 4.48. The molecule has 1 unspecified atom stereocenters. The molecule has 2 nitrogen and oxygen atoms in total. The number of hydrogen-bond donors (Lipinski definition) is 1. The van der Waals surface area contributed by atoms with Crippen LogP contribution < -0.4 is 0 Å². The molecule has 1 saturated carbocycles. The number of hydrogen-bond acceptors (Lipinski definition) is 2. The summed E-state index contributed by atoms with van der Waals surface area (Å²) in [5, 5.41) is 9.00. The summed E-state index contributed by atoms with van der Waals surface area (Å²) in [4.78, 5) is 11.9. The highest BCUT2D eigenvalue weighted by molar-refractivity contribution is 6.01. The fraction of sp³-hybridized carbons (Fsp3) is 0.643. The molecule has 0 aromatic carbocycles. The molecule has 0 aromatic heterocycles. The summed E-state index contributed by atoms with van der Waals surface area (Å²) in [6.07, 6.45) is 9.02. The molecule has 2 aliphatic rings. The van der Waals surface area contributed by atoms with E-state index in [-0.39, 0.29) is 12.0 Å². The Morgan fingerprint density at radius 2 is 2.19 bits per heavy atom. The fourth-order valence-corrected chi connectivity index (χ4v) is 2.37. The van der Waals surface area contributed by atoms with Crippen molar-refractivity contribution < 1.29 is 9.90 Å². The lowest BCUT2D eigenvalue weighted by Crippen LogP contribution is -2.25. The molecule has 0 amide bonds. The predicted molar refractivity (Wildman–Crippen MR) is 63.9 cm³/mol. The molecule has 0 aliphatic heterocycles. The molecule has 1 fully saturated rings. The van der Waals surface area contributed by atoms with E-state index in [0.717, 1.165) is 24.8 Å². The first-order valence-corrected chi connectivity index (χ1v) is 6.11. The monoisotopic (exact) mass is 220 g/mol. The van der Waals surface area contributed by atoms with E-state index in [9.17, 15) is 4.79 Å². The standard InChI is InChI=1S/C14H20O2/c1-14(2)9-11(13(16)10-3-4-10)5-6-12(14)7-8-15/h5-6,9-10,12,15H,3-4,7-8H2,1-2H3. The van der Waals surface area contributed by atoms with Gasteiger partial charge in [0.2, 0.25) is 0 Å². The summed E-state index contributed by atoms with van der Waals surface area (Å²) >= 11 is 0. The van der Waals surface area contributed by atoms with Gasteiger partial charge in [0.1, 0.15) is 0 Å². The van der Waals surface area contributed by atoms with Gasteiger partial charge in [0, 0.05) is 18.1 Å². The van der Waals surface area contributed by atoms with Gasteiger partial charge in [-0.05, 0) is 30.6 Å². The minimum Gasteiger partial charge on any atom is -0.396 e. The molecule has 0 heterocycles. The zero-order valence-electron chi connectivity index (χ0n) is 10.1. The fourth-order valence-electron chi connectivity index (χ4n) is 2.37. The van der Waals surface area contributed by atoms with Crippen molar-refractivity contribution in [2.24, 2.45) is 17.3 Å². The molecular weight excluding hydrogens is 200 g/mol. The maximum atomic E-state index is 11.9. The first-order chi connectivity index (χ1) is 7.54. The summed E-state index contributed by atoms with van der Waals surface area (Å²) in [5.74, 6) is 0.945. The summed E-state index contributed by atoms with van der Waals surface area (Å²) in [7, 11) is 0. The second-order valence-electron chi connectivity index (χ2n) is 5.54. The van der Waals surface area contributed by atoms with Crippen LogP contribution in [0, 0.1) is 17.3 Å². The third-order valence-electron chi connectivity index (χ3n) is 3.66. The lowest BCUT2D eigenvalue weighted by atomic mass is 9.72. The first-order valence-electron chi connectivity index (χ1n) is 6.11. The Morgan fingerprint density at radius 1 is 1.50 bits per heavy atom. The van der Waals surface area contributed by atoms with Gasteiger partial charge < -0.3 is 5.11 Å². The van der Waals surface area contributed by atoms with E-state index in [1.807, 2.05) is 6.08 Å². The van der Waals surface area contributed by atoms with E-state index in [2.05, 4.69) is 26.0 Å². The Morgan fingerprint density at radius 3 is 2.69 bits per heavy atom. The molecule has 2 heteroatoms. The van der Waals surface area contributed by atoms with Crippen LogP contribution in [0.2, 0.25) is 0 Å². The molecule has 0 bridgehead atoms. The van der Waals surface area contributed by atoms with E-state index < -0.39 is 0 Å². The molecule has 0 aromatic rings. The van der Waals surface area contributed by atoms with Crippen LogP contribution >= 0.6 is 0 Å². The van der Waals surface area contributed by atoms with E-state index in [1.54, 1.807) is 0 Å². The number of rotatable bonds is 4. The minimum atomic E-state index is -0.0165. The number of allylic oxidation sites excluding steroid dienone is 4. The van der Waals surface area contributed by atoms with Gasteiger partial charge in [-0.1, -0.05) is 32.1 Å². The normalized spacial score (nSPS) is 27.7. The highest BCUT2D eigenvalue weighted by atomic mass is 16.3. The zero-order chi connectivity index (χ0) is 11.8. The second kappa shape index (κ2) is 4.17. The Labute approximate surface area is 97.0 Å². The Bertz CT molecular complexity index is 346. The SMILES string of the molecule is CC1(C)C=C(C(=O)C2CC2)C=CC1CCO. The smallest absolute Gasteiger partial charge is 0.165 e. The molecule has 0 radical (unpaired) electrons. The predicted octanol–water partition coefficient (Wildman–Crippen LogP) is 2.49. The van der Waals surface area contributed by atoms with Crippen molar-refractivity contribution in [1.29, 1.82) is 0 Å². The number of carbonyl (C=O) groups is 1. The molecule has 1 N–H and O–H groups in total. The number of ketones is 1. The Hall–Kier alpha value is -0.890. The van der Waals surface area contributed by atoms with Gasteiger partial charge >= 0.3 is 0 Å². The third-order valence-corrected chi connectivity index (χ3v) is 3.66. The van der Waals surface area contributed by atoms with Crippen molar-refractivity contribution in [3.05, 3.63) is 23.8 Å². The van der Waals surface area contributed by atoms with Gasteiger partial charge in [0.05, 0.1) is 0 Å². The van der Waals surface area contributed by atoms with Gasteiger partial charge in [0.15, 0.2) is 5.78 Å².